The van der Waals surface area contributed by atoms with Crippen LogP contribution in [0.3, 0.4) is 0 Å². The predicted molar refractivity (Wildman–Crippen MR) is 34.6 cm³/mol. The first-order valence-corrected chi connectivity index (χ1v) is 4.39. The van der Waals surface area contributed by atoms with E-state index in [1.54, 1.807) is 0 Å². The Bertz CT molecular complexity index is 126. The fourth-order valence-corrected chi connectivity index (χ4v) is 3.27. The van der Waals surface area contributed by atoms with Crippen molar-refractivity contribution in [1.82, 2.24) is 0 Å². The first-order valence-electron chi connectivity index (χ1n) is 3.39. The van der Waals surface area contributed by atoms with E-state index < -0.39 is 0 Å². The standard InChI is InChI=1S/C6H9O.Al.2H/c7-6-2-4-1-5(4)3-6;;;/h4,6-7H,1-3H2;;;. The summed E-state index contributed by atoms with van der Waals surface area (Å²) in [4.78, 5) is 0. The van der Waals surface area contributed by atoms with Crippen LogP contribution in [0.15, 0.2) is 0 Å². The molecular formula is C6H11AlO. The summed E-state index contributed by atoms with van der Waals surface area (Å²) in [6.45, 7) is 0. The maximum absolute atomic E-state index is 9.12. The second-order valence-electron chi connectivity index (χ2n) is 3.65. The summed E-state index contributed by atoms with van der Waals surface area (Å²) in [5, 5.41) is 9.12. The lowest BCUT2D eigenvalue weighted by atomic mass is 10.2. The highest BCUT2D eigenvalue weighted by Gasteiger charge is 2.55. The summed E-state index contributed by atoms with van der Waals surface area (Å²) in [7, 11) is 0. The van der Waals surface area contributed by atoms with E-state index >= 15 is 0 Å². The highest BCUT2D eigenvalue weighted by Crippen LogP contribution is 2.67. The van der Waals surface area contributed by atoms with Crippen molar-refractivity contribution in [3.63, 3.8) is 0 Å². The van der Waals surface area contributed by atoms with E-state index in [0.717, 1.165) is 23.0 Å². The zero-order chi connectivity index (χ0) is 5.78. The Kier molecular flexibility index (Phi) is 0.870. The highest BCUT2D eigenvalue weighted by molar-refractivity contribution is 6.18. The van der Waals surface area contributed by atoms with Gasteiger partial charge in [-0.1, -0.05) is 10.7 Å². The maximum Gasteiger partial charge on any atom is 0.222 e. The zero-order valence-corrected chi connectivity index (χ0v) is 7.22. The molecule has 2 aliphatic carbocycles. The Hall–Kier alpha value is 0.492. The molecule has 0 amide bonds. The van der Waals surface area contributed by atoms with Crippen LogP contribution < -0.4 is 0 Å². The van der Waals surface area contributed by atoms with E-state index in [2.05, 4.69) is 0 Å². The fourth-order valence-electron chi connectivity index (χ4n) is 2.07. The van der Waals surface area contributed by atoms with Gasteiger partial charge in [-0.15, -0.1) is 0 Å². The summed E-state index contributed by atoms with van der Waals surface area (Å²) >= 11 is 1.31. The van der Waals surface area contributed by atoms with E-state index in [0.29, 0.717) is 0 Å². The van der Waals surface area contributed by atoms with Gasteiger partial charge in [-0.25, -0.2) is 0 Å². The van der Waals surface area contributed by atoms with Crippen LogP contribution in [0.25, 0.3) is 0 Å². The average Bonchev–Trinajstić information content (AvgIpc) is 2.07. The second-order valence-corrected chi connectivity index (χ2v) is 5.64. The van der Waals surface area contributed by atoms with E-state index in [1.807, 2.05) is 0 Å². The first kappa shape index (κ1) is 5.29. The van der Waals surface area contributed by atoms with Crippen molar-refractivity contribution in [2.45, 2.75) is 29.6 Å². The number of fused-ring (bicyclic) bond motifs is 1. The SMILES string of the molecule is OC1CC2C[C]2([AlH2])C1. The van der Waals surface area contributed by atoms with Crippen LogP contribution in [0.4, 0.5) is 0 Å². The Morgan fingerprint density at radius 3 is 2.50 bits per heavy atom. The van der Waals surface area contributed by atoms with Crippen LogP contribution in [0, 0.1) is 5.92 Å². The van der Waals surface area contributed by atoms with Crippen molar-refractivity contribution in [3.05, 3.63) is 0 Å². The van der Waals surface area contributed by atoms with Crippen LogP contribution in [-0.2, 0) is 0 Å². The molecule has 1 N–H and O–H groups in total. The molecule has 0 saturated heterocycles. The fraction of sp³-hybridized carbons (Fsp3) is 1.00. The van der Waals surface area contributed by atoms with Crippen molar-refractivity contribution in [3.8, 4) is 0 Å². The van der Waals surface area contributed by atoms with Gasteiger partial charge >= 0.3 is 0 Å². The Balaban J connectivity index is 2.10. The molecule has 0 heterocycles. The van der Waals surface area contributed by atoms with Crippen molar-refractivity contribution < 1.29 is 5.11 Å². The second kappa shape index (κ2) is 1.32. The van der Waals surface area contributed by atoms with Gasteiger partial charge in [0.25, 0.3) is 0 Å². The molecule has 2 heteroatoms. The normalized spacial score (nSPS) is 60.6. The molecule has 2 fully saturated rings. The predicted octanol–water partition coefficient (Wildman–Crippen LogP) is -0.0472. The summed E-state index contributed by atoms with van der Waals surface area (Å²) in [6, 6.07) is 0. The van der Waals surface area contributed by atoms with E-state index in [4.69, 9.17) is 5.11 Å². The minimum atomic E-state index is 0.0752. The van der Waals surface area contributed by atoms with Crippen LogP contribution in [-0.4, -0.2) is 27.5 Å². The number of rotatable bonds is 0. The number of aliphatic hydroxyl groups is 1. The van der Waals surface area contributed by atoms with Crippen molar-refractivity contribution >= 4 is 16.3 Å². The molecule has 3 unspecified atom stereocenters. The van der Waals surface area contributed by atoms with Gasteiger partial charge in [0.15, 0.2) is 0 Å². The molecule has 44 valence electrons. The molecule has 0 aromatic rings. The Labute approximate surface area is 57.5 Å². The molecule has 0 spiro atoms. The van der Waals surface area contributed by atoms with E-state index in [9.17, 15) is 0 Å². The molecule has 0 bridgehead atoms. The number of hydrogen-bond donors (Lipinski definition) is 1. The van der Waals surface area contributed by atoms with Crippen molar-refractivity contribution in [2.75, 3.05) is 0 Å². The van der Waals surface area contributed by atoms with Gasteiger partial charge in [-0.2, -0.15) is 0 Å². The third kappa shape index (κ3) is 0.573. The van der Waals surface area contributed by atoms with Crippen LogP contribution in [0.2, 0.25) is 4.28 Å². The monoisotopic (exact) mass is 126 g/mol. The van der Waals surface area contributed by atoms with Crippen LogP contribution in [0.1, 0.15) is 19.3 Å². The Morgan fingerprint density at radius 2 is 2.25 bits per heavy atom. The van der Waals surface area contributed by atoms with Gasteiger partial charge in [0.2, 0.25) is 16.3 Å². The summed E-state index contributed by atoms with van der Waals surface area (Å²) in [6.07, 6.45) is 3.76. The number of hydrogen-bond acceptors (Lipinski definition) is 1. The number of aliphatic hydroxyl groups excluding tert-OH is 1. The minimum absolute atomic E-state index is 0.0752. The largest absolute Gasteiger partial charge is 0.393 e. The van der Waals surface area contributed by atoms with Crippen molar-refractivity contribution in [1.29, 1.82) is 0 Å². The van der Waals surface area contributed by atoms with Gasteiger partial charge in [0, 0.05) is 0 Å². The maximum atomic E-state index is 9.12. The van der Waals surface area contributed by atoms with E-state index in [1.165, 1.54) is 22.7 Å². The lowest BCUT2D eigenvalue weighted by Crippen LogP contribution is -2.02. The molecule has 3 atom stereocenters. The average molecular weight is 126 g/mol. The molecule has 0 aromatic carbocycles. The zero-order valence-electron chi connectivity index (χ0n) is 5.22. The molecule has 0 aliphatic heterocycles. The first-order chi connectivity index (χ1) is 3.71. The topological polar surface area (TPSA) is 20.2 Å². The van der Waals surface area contributed by atoms with E-state index in [-0.39, 0.29) is 6.10 Å². The third-order valence-electron chi connectivity index (χ3n) is 2.80. The third-order valence-corrected chi connectivity index (χ3v) is 4.43. The quantitative estimate of drug-likeness (QED) is 0.451. The lowest BCUT2D eigenvalue weighted by molar-refractivity contribution is 0.169. The molecule has 8 heavy (non-hydrogen) atoms. The summed E-state index contributed by atoms with van der Waals surface area (Å²) < 4.78 is 0.722. The lowest BCUT2D eigenvalue weighted by Gasteiger charge is -2.04. The minimum Gasteiger partial charge on any atom is -0.393 e. The molecule has 2 saturated carbocycles. The molecule has 1 nitrogen and oxygen atoms in total. The summed E-state index contributed by atoms with van der Waals surface area (Å²) in [5.74, 6) is 0.948. The van der Waals surface area contributed by atoms with Crippen molar-refractivity contribution in [2.24, 2.45) is 5.92 Å². The van der Waals surface area contributed by atoms with Crippen LogP contribution >= 0.6 is 0 Å². The van der Waals surface area contributed by atoms with Gasteiger partial charge < -0.3 is 5.11 Å². The van der Waals surface area contributed by atoms with Gasteiger partial charge in [0.05, 0.1) is 6.10 Å². The van der Waals surface area contributed by atoms with Crippen LogP contribution in [0.5, 0.6) is 0 Å². The van der Waals surface area contributed by atoms with Gasteiger partial charge in [-0.05, 0) is 18.8 Å². The molecular weight excluding hydrogens is 115 g/mol. The Morgan fingerprint density at radius 1 is 1.50 bits per heavy atom. The summed E-state index contributed by atoms with van der Waals surface area (Å²) in [5.41, 5.74) is 0. The smallest absolute Gasteiger partial charge is 0.222 e. The molecule has 0 radical (unpaired) electrons. The van der Waals surface area contributed by atoms with Gasteiger partial charge in [0.1, 0.15) is 0 Å². The van der Waals surface area contributed by atoms with Gasteiger partial charge in [-0.3, -0.25) is 0 Å². The molecule has 0 aromatic heterocycles. The molecule has 2 aliphatic rings. The highest BCUT2D eigenvalue weighted by atomic mass is 27.0. The molecule has 2 rings (SSSR count).